The first-order valence-corrected chi connectivity index (χ1v) is 7.15. The van der Waals surface area contributed by atoms with E-state index >= 15 is 0 Å². The highest BCUT2D eigenvalue weighted by atomic mass is 19.1. The first-order valence-electron chi connectivity index (χ1n) is 7.15. The highest BCUT2D eigenvalue weighted by Gasteiger charge is 2.13. The summed E-state index contributed by atoms with van der Waals surface area (Å²) < 4.78 is 13.2. The molecule has 0 radical (unpaired) electrons. The summed E-state index contributed by atoms with van der Waals surface area (Å²) in [5.74, 6) is -0.173. The van der Waals surface area contributed by atoms with E-state index < -0.39 is 0 Å². The molecule has 1 unspecified atom stereocenters. The predicted octanol–water partition coefficient (Wildman–Crippen LogP) is 4.20. The van der Waals surface area contributed by atoms with Gasteiger partial charge in [-0.25, -0.2) is 4.39 Å². The average Bonchev–Trinajstić information content (AvgIpc) is 2.46. The van der Waals surface area contributed by atoms with Gasteiger partial charge in [0.05, 0.1) is 0 Å². The van der Waals surface area contributed by atoms with Gasteiger partial charge in [0.25, 0.3) is 0 Å². The van der Waals surface area contributed by atoms with E-state index in [4.69, 9.17) is 0 Å². The molecule has 0 bridgehead atoms. The summed E-state index contributed by atoms with van der Waals surface area (Å²) >= 11 is 0. The van der Waals surface area contributed by atoms with Gasteiger partial charge < -0.3 is 5.32 Å². The molecule has 0 saturated carbocycles. The third-order valence-electron chi connectivity index (χ3n) is 3.83. The van der Waals surface area contributed by atoms with E-state index in [-0.39, 0.29) is 11.9 Å². The largest absolute Gasteiger partial charge is 0.313 e. The Balaban J connectivity index is 2.19. The molecule has 0 amide bonds. The Labute approximate surface area is 120 Å². The number of rotatable bonds is 5. The van der Waals surface area contributed by atoms with Crippen molar-refractivity contribution < 1.29 is 4.39 Å². The van der Waals surface area contributed by atoms with Gasteiger partial charge in [-0.15, -0.1) is 0 Å². The second-order valence-electron chi connectivity index (χ2n) is 5.22. The molecule has 0 aromatic heterocycles. The van der Waals surface area contributed by atoms with Crippen molar-refractivity contribution in [2.45, 2.75) is 32.7 Å². The maximum absolute atomic E-state index is 13.2. The molecule has 0 heterocycles. The fourth-order valence-corrected chi connectivity index (χ4v) is 2.54. The second kappa shape index (κ2) is 6.67. The van der Waals surface area contributed by atoms with Crippen molar-refractivity contribution in [1.29, 1.82) is 0 Å². The van der Waals surface area contributed by atoms with Crippen LogP contribution in [-0.2, 0) is 12.8 Å². The minimum atomic E-state index is -0.173. The molecule has 2 rings (SSSR count). The lowest BCUT2D eigenvalue weighted by Gasteiger charge is -2.19. The van der Waals surface area contributed by atoms with Crippen LogP contribution in [0.15, 0.2) is 42.5 Å². The standard InChI is InChI=1S/C18H22FN/c1-4-14-5-7-15(8-6-14)12-18(20-3)17-10-9-16(19)11-13(17)2/h5-11,18,20H,4,12H2,1-3H3. The van der Waals surface area contributed by atoms with Gasteiger partial charge in [0.15, 0.2) is 0 Å². The maximum atomic E-state index is 13.2. The molecular weight excluding hydrogens is 249 g/mol. The van der Waals surface area contributed by atoms with E-state index in [0.29, 0.717) is 0 Å². The third-order valence-corrected chi connectivity index (χ3v) is 3.83. The Morgan fingerprint density at radius 1 is 1.05 bits per heavy atom. The molecule has 2 aromatic carbocycles. The van der Waals surface area contributed by atoms with Crippen LogP contribution in [0.5, 0.6) is 0 Å². The molecule has 0 fully saturated rings. The average molecular weight is 271 g/mol. The Morgan fingerprint density at radius 2 is 1.70 bits per heavy atom. The summed E-state index contributed by atoms with van der Waals surface area (Å²) in [5.41, 5.74) is 4.81. The fraction of sp³-hybridized carbons (Fsp3) is 0.333. The lowest BCUT2D eigenvalue weighted by Crippen LogP contribution is -2.20. The molecule has 1 N–H and O–H groups in total. The first-order chi connectivity index (χ1) is 9.63. The van der Waals surface area contributed by atoms with Gasteiger partial charge in [-0.1, -0.05) is 37.3 Å². The molecule has 20 heavy (non-hydrogen) atoms. The zero-order valence-electron chi connectivity index (χ0n) is 12.4. The molecule has 0 aliphatic heterocycles. The van der Waals surface area contributed by atoms with Gasteiger partial charge >= 0.3 is 0 Å². The highest BCUT2D eigenvalue weighted by molar-refractivity contribution is 5.32. The molecule has 0 aliphatic rings. The molecule has 2 heteroatoms. The van der Waals surface area contributed by atoms with E-state index in [9.17, 15) is 4.39 Å². The topological polar surface area (TPSA) is 12.0 Å². The van der Waals surface area contributed by atoms with Crippen molar-refractivity contribution in [3.8, 4) is 0 Å². The zero-order chi connectivity index (χ0) is 14.5. The Kier molecular flexibility index (Phi) is 4.91. The third kappa shape index (κ3) is 3.45. The normalized spacial score (nSPS) is 12.4. The minimum Gasteiger partial charge on any atom is -0.313 e. The molecular formula is C18H22FN. The van der Waals surface area contributed by atoms with Gasteiger partial charge in [-0.3, -0.25) is 0 Å². The number of hydrogen-bond acceptors (Lipinski definition) is 1. The smallest absolute Gasteiger partial charge is 0.123 e. The fourth-order valence-electron chi connectivity index (χ4n) is 2.54. The highest BCUT2D eigenvalue weighted by Crippen LogP contribution is 2.22. The van der Waals surface area contributed by atoms with Crippen molar-refractivity contribution in [2.24, 2.45) is 0 Å². The van der Waals surface area contributed by atoms with Crippen LogP contribution < -0.4 is 5.32 Å². The molecule has 0 spiro atoms. The maximum Gasteiger partial charge on any atom is 0.123 e. The van der Waals surface area contributed by atoms with Crippen molar-refractivity contribution in [3.05, 3.63) is 70.5 Å². The van der Waals surface area contributed by atoms with Crippen LogP contribution in [0.2, 0.25) is 0 Å². The summed E-state index contributed by atoms with van der Waals surface area (Å²) in [7, 11) is 1.95. The van der Waals surface area contributed by atoms with Gasteiger partial charge in [0.1, 0.15) is 5.82 Å². The Bertz CT molecular complexity index is 560. The van der Waals surface area contributed by atoms with Gasteiger partial charge in [-0.2, -0.15) is 0 Å². The van der Waals surface area contributed by atoms with E-state index in [1.807, 2.05) is 20.0 Å². The van der Waals surface area contributed by atoms with Crippen molar-refractivity contribution >= 4 is 0 Å². The van der Waals surface area contributed by atoms with E-state index in [1.165, 1.54) is 17.2 Å². The molecule has 0 aliphatic carbocycles. The molecule has 2 aromatic rings. The van der Waals surface area contributed by atoms with Crippen LogP contribution in [0, 0.1) is 12.7 Å². The van der Waals surface area contributed by atoms with Crippen LogP contribution >= 0.6 is 0 Å². The SMILES string of the molecule is CCc1ccc(CC(NC)c2ccc(F)cc2C)cc1. The number of benzene rings is 2. The monoisotopic (exact) mass is 271 g/mol. The van der Waals surface area contributed by atoms with Crippen LogP contribution in [0.4, 0.5) is 4.39 Å². The molecule has 1 atom stereocenters. The number of aryl methyl sites for hydroxylation is 2. The summed E-state index contributed by atoms with van der Waals surface area (Å²) in [6, 6.07) is 13.9. The second-order valence-corrected chi connectivity index (χ2v) is 5.22. The number of hydrogen-bond donors (Lipinski definition) is 1. The lowest BCUT2D eigenvalue weighted by atomic mass is 9.95. The van der Waals surface area contributed by atoms with Gasteiger partial charge in [0.2, 0.25) is 0 Å². The summed E-state index contributed by atoms with van der Waals surface area (Å²) in [6.45, 7) is 4.12. The number of likely N-dealkylation sites (N-methyl/N-ethyl adjacent to an activating group) is 1. The molecule has 106 valence electrons. The van der Waals surface area contributed by atoms with E-state index in [1.54, 1.807) is 6.07 Å². The summed E-state index contributed by atoms with van der Waals surface area (Å²) in [5, 5.41) is 3.33. The van der Waals surface area contributed by atoms with Gasteiger partial charge in [0, 0.05) is 6.04 Å². The van der Waals surface area contributed by atoms with Crippen LogP contribution in [-0.4, -0.2) is 7.05 Å². The molecule has 1 nitrogen and oxygen atoms in total. The van der Waals surface area contributed by atoms with Crippen molar-refractivity contribution in [1.82, 2.24) is 5.32 Å². The van der Waals surface area contributed by atoms with Crippen molar-refractivity contribution in [2.75, 3.05) is 7.05 Å². The summed E-state index contributed by atoms with van der Waals surface area (Å²) in [4.78, 5) is 0. The van der Waals surface area contributed by atoms with Crippen LogP contribution in [0.25, 0.3) is 0 Å². The Morgan fingerprint density at radius 3 is 2.25 bits per heavy atom. The Hall–Kier alpha value is -1.67. The first kappa shape index (κ1) is 14.7. The van der Waals surface area contributed by atoms with E-state index in [2.05, 4.69) is 36.5 Å². The molecule has 0 saturated heterocycles. The van der Waals surface area contributed by atoms with Crippen molar-refractivity contribution in [3.63, 3.8) is 0 Å². The lowest BCUT2D eigenvalue weighted by molar-refractivity contribution is 0.582. The number of halogens is 1. The van der Waals surface area contributed by atoms with Crippen LogP contribution in [0.1, 0.15) is 35.2 Å². The summed E-state index contributed by atoms with van der Waals surface area (Å²) in [6.07, 6.45) is 1.97. The van der Waals surface area contributed by atoms with Gasteiger partial charge in [-0.05, 0) is 61.2 Å². The van der Waals surface area contributed by atoms with Crippen LogP contribution in [0.3, 0.4) is 0 Å². The quantitative estimate of drug-likeness (QED) is 0.859. The predicted molar refractivity (Wildman–Crippen MR) is 82.5 cm³/mol. The van der Waals surface area contributed by atoms with E-state index in [0.717, 1.165) is 24.0 Å². The number of nitrogens with one attached hydrogen (secondary N) is 1. The zero-order valence-corrected chi connectivity index (χ0v) is 12.4. The minimum absolute atomic E-state index is 0.173.